The average Bonchev–Trinajstić information content (AvgIpc) is 2.89. The van der Waals surface area contributed by atoms with Crippen molar-refractivity contribution in [2.75, 3.05) is 26.5 Å². The van der Waals surface area contributed by atoms with Crippen molar-refractivity contribution in [2.24, 2.45) is 0 Å². The molecule has 34 heavy (non-hydrogen) atoms. The number of hydrogen-bond acceptors (Lipinski definition) is 5. The summed E-state index contributed by atoms with van der Waals surface area (Å²) in [6.45, 7) is 4.56. The van der Waals surface area contributed by atoms with Crippen LogP contribution in [0.4, 0.5) is 0 Å². The first-order valence-corrected chi connectivity index (χ1v) is 12.3. The van der Waals surface area contributed by atoms with Gasteiger partial charge in [0.15, 0.2) is 6.61 Å². The van der Waals surface area contributed by atoms with E-state index in [0.717, 1.165) is 28.2 Å². The van der Waals surface area contributed by atoms with E-state index in [1.165, 1.54) is 7.11 Å². The molecule has 0 fully saturated rings. The molecular weight excluding hydrogens is 446 g/mol. The fourth-order valence-electron chi connectivity index (χ4n) is 3.10. The summed E-state index contributed by atoms with van der Waals surface area (Å²) in [4.78, 5) is 26.8. The van der Waals surface area contributed by atoms with E-state index in [1.807, 2.05) is 86.6 Å². The van der Waals surface area contributed by atoms with Gasteiger partial charge in [0, 0.05) is 24.2 Å². The number of esters is 1. The van der Waals surface area contributed by atoms with Crippen LogP contribution in [0.5, 0.6) is 5.75 Å². The van der Waals surface area contributed by atoms with Crippen molar-refractivity contribution >= 4 is 23.6 Å². The van der Waals surface area contributed by atoms with E-state index < -0.39 is 0 Å². The van der Waals surface area contributed by atoms with Crippen molar-refractivity contribution in [1.82, 2.24) is 4.90 Å². The second-order valence-electron chi connectivity index (χ2n) is 7.25. The zero-order chi connectivity index (χ0) is 24.8. The molecule has 0 atom stereocenters. The molecule has 5 nitrogen and oxygen atoms in total. The molecular formula is C28H33NO4S. The number of hydrogen-bond donors (Lipinski definition) is 0. The second-order valence-corrected chi connectivity index (χ2v) is 8.39. The van der Waals surface area contributed by atoms with E-state index in [4.69, 9.17) is 9.47 Å². The van der Waals surface area contributed by atoms with E-state index >= 15 is 0 Å². The van der Waals surface area contributed by atoms with E-state index in [1.54, 1.807) is 29.8 Å². The molecule has 3 rings (SSSR count). The van der Waals surface area contributed by atoms with Crippen molar-refractivity contribution in [2.45, 2.75) is 31.7 Å². The third-order valence-corrected chi connectivity index (χ3v) is 5.99. The molecule has 0 heterocycles. The summed E-state index contributed by atoms with van der Waals surface area (Å²) >= 11 is 1.63. The van der Waals surface area contributed by atoms with E-state index in [9.17, 15) is 9.59 Å². The maximum Gasteiger partial charge on any atom is 0.338 e. The molecule has 6 heteroatoms. The normalized spacial score (nSPS) is 10.0. The first-order valence-electron chi connectivity index (χ1n) is 11.4. The van der Waals surface area contributed by atoms with Crippen molar-refractivity contribution < 1.29 is 19.1 Å². The van der Waals surface area contributed by atoms with Gasteiger partial charge in [0.25, 0.3) is 5.91 Å². The molecule has 0 radical (unpaired) electrons. The quantitative estimate of drug-likeness (QED) is 0.269. The van der Waals surface area contributed by atoms with Crippen LogP contribution >= 0.6 is 11.8 Å². The van der Waals surface area contributed by atoms with E-state index in [-0.39, 0.29) is 18.5 Å². The van der Waals surface area contributed by atoms with Crippen LogP contribution in [0.3, 0.4) is 0 Å². The molecule has 0 aliphatic heterocycles. The zero-order valence-electron chi connectivity index (χ0n) is 20.3. The molecule has 0 unspecified atom stereocenters. The minimum Gasteiger partial charge on any atom is -0.484 e. The maximum absolute atomic E-state index is 12.3. The third kappa shape index (κ3) is 8.60. The van der Waals surface area contributed by atoms with Crippen LogP contribution in [-0.4, -0.2) is 43.3 Å². The summed E-state index contributed by atoms with van der Waals surface area (Å²) in [5.41, 5.74) is 2.83. The summed E-state index contributed by atoms with van der Waals surface area (Å²) in [5, 5.41) is 0. The Bertz CT molecular complexity index is 1020. The van der Waals surface area contributed by atoms with Gasteiger partial charge in [-0.15, -0.1) is 11.8 Å². The fraction of sp³-hybridized carbons (Fsp3) is 0.286. The fourth-order valence-corrected chi connectivity index (χ4v) is 4.14. The Morgan fingerprint density at radius 3 is 2.18 bits per heavy atom. The Labute approximate surface area is 207 Å². The van der Waals surface area contributed by atoms with Gasteiger partial charge in [-0.3, -0.25) is 4.79 Å². The van der Waals surface area contributed by atoms with Gasteiger partial charge in [0.05, 0.1) is 12.7 Å². The zero-order valence-corrected chi connectivity index (χ0v) is 21.1. The van der Waals surface area contributed by atoms with Gasteiger partial charge in [-0.1, -0.05) is 68.4 Å². The Hall–Kier alpha value is -3.25. The molecule has 0 aromatic heterocycles. The first kappa shape index (κ1) is 27.0. The van der Waals surface area contributed by atoms with E-state index in [2.05, 4.69) is 0 Å². The van der Waals surface area contributed by atoms with Crippen LogP contribution < -0.4 is 4.74 Å². The number of carbonyl (C=O) groups is 2. The number of ether oxygens (including phenoxy) is 2. The number of rotatable bonds is 10. The molecule has 0 bridgehead atoms. The highest BCUT2D eigenvalue weighted by Crippen LogP contribution is 2.24. The summed E-state index contributed by atoms with van der Waals surface area (Å²) in [7, 11) is 3.17. The van der Waals surface area contributed by atoms with Crippen LogP contribution in [0.1, 0.15) is 35.3 Å². The van der Waals surface area contributed by atoms with Crippen LogP contribution in [0, 0.1) is 0 Å². The molecule has 0 aliphatic carbocycles. The predicted molar refractivity (Wildman–Crippen MR) is 138 cm³/mol. The van der Waals surface area contributed by atoms with Crippen molar-refractivity contribution in [1.29, 1.82) is 0 Å². The van der Waals surface area contributed by atoms with Gasteiger partial charge in [-0.2, -0.15) is 0 Å². The number of aryl methyl sites for hydroxylation is 1. The number of amides is 1. The smallest absolute Gasteiger partial charge is 0.338 e. The van der Waals surface area contributed by atoms with Gasteiger partial charge >= 0.3 is 5.97 Å². The lowest BCUT2D eigenvalue weighted by Gasteiger charge is -2.17. The Kier molecular flexibility index (Phi) is 11.8. The number of carbonyl (C=O) groups excluding carboxylic acids is 2. The lowest BCUT2D eigenvalue weighted by molar-refractivity contribution is -0.132. The summed E-state index contributed by atoms with van der Waals surface area (Å²) in [6.07, 6.45) is 0.846. The van der Waals surface area contributed by atoms with Crippen molar-refractivity contribution in [3.63, 3.8) is 0 Å². The molecule has 0 spiro atoms. The van der Waals surface area contributed by atoms with Gasteiger partial charge < -0.3 is 14.4 Å². The summed E-state index contributed by atoms with van der Waals surface area (Å²) in [5.74, 6) is 1.10. The number of nitrogens with zero attached hydrogens (tertiary/aromatic N) is 1. The molecule has 0 N–H and O–H groups in total. The number of thioether (sulfide) groups is 1. The number of likely N-dealkylation sites (N-methyl/N-ethyl adjacent to an activating group) is 1. The minimum atomic E-state index is -0.321. The molecule has 0 saturated carbocycles. The number of methoxy groups -OCH3 is 1. The monoisotopic (exact) mass is 479 g/mol. The molecule has 0 aliphatic rings. The van der Waals surface area contributed by atoms with Crippen LogP contribution in [-0.2, 0) is 22.5 Å². The molecule has 3 aromatic carbocycles. The second kappa shape index (κ2) is 14.8. The highest BCUT2D eigenvalue weighted by molar-refractivity contribution is 7.99. The maximum atomic E-state index is 12.3. The molecule has 1 amide bonds. The Balaban J connectivity index is 0.00000199. The highest BCUT2D eigenvalue weighted by Gasteiger charge is 2.12. The lowest BCUT2D eigenvalue weighted by Crippen LogP contribution is -2.30. The van der Waals surface area contributed by atoms with Gasteiger partial charge in [0.1, 0.15) is 5.75 Å². The van der Waals surface area contributed by atoms with E-state index in [0.29, 0.717) is 17.9 Å². The minimum absolute atomic E-state index is 0.00282. The largest absolute Gasteiger partial charge is 0.484 e. The topological polar surface area (TPSA) is 55.8 Å². The highest BCUT2D eigenvalue weighted by atomic mass is 32.2. The lowest BCUT2D eigenvalue weighted by atomic mass is 10.2. The van der Waals surface area contributed by atoms with Crippen molar-refractivity contribution in [3.8, 4) is 5.75 Å². The number of benzene rings is 3. The molecule has 180 valence electrons. The SMILES string of the molecule is CC.COC(=O)c1ccccc1SCCc1ccc(OCC(=O)N(C)Cc2ccccc2)cc1. The van der Waals surface area contributed by atoms with Gasteiger partial charge in [-0.25, -0.2) is 4.79 Å². The third-order valence-electron chi connectivity index (χ3n) is 4.91. The Morgan fingerprint density at radius 1 is 0.853 bits per heavy atom. The standard InChI is InChI=1S/C26H27NO4S.C2H6/c1-27(18-21-8-4-3-5-9-21)25(28)19-31-22-14-12-20(13-15-22)16-17-32-24-11-7-6-10-23(24)26(29)30-2;1-2/h3-15H,16-19H2,1-2H3;1-2H3. The summed E-state index contributed by atoms with van der Waals surface area (Å²) < 4.78 is 10.5. The van der Waals surface area contributed by atoms with Crippen LogP contribution in [0.2, 0.25) is 0 Å². The van der Waals surface area contributed by atoms with Gasteiger partial charge in [-0.05, 0) is 41.8 Å². The van der Waals surface area contributed by atoms with Gasteiger partial charge in [0.2, 0.25) is 0 Å². The van der Waals surface area contributed by atoms with Crippen molar-refractivity contribution in [3.05, 3.63) is 95.6 Å². The predicted octanol–water partition coefficient (Wildman–Crippen LogP) is 5.87. The Morgan fingerprint density at radius 2 is 1.50 bits per heavy atom. The first-order chi connectivity index (χ1) is 16.6. The molecule has 0 saturated heterocycles. The van der Waals surface area contributed by atoms with Crippen LogP contribution in [0.15, 0.2) is 83.8 Å². The van der Waals surface area contributed by atoms with Crippen LogP contribution in [0.25, 0.3) is 0 Å². The average molecular weight is 480 g/mol. The summed E-state index contributed by atoms with van der Waals surface area (Å²) in [6, 6.07) is 25.1. The molecule has 3 aromatic rings.